The van der Waals surface area contributed by atoms with Gasteiger partial charge in [-0.05, 0) is 5.56 Å². The van der Waals surface area contributed by atoms with E-state index in [9.17, 15) is 0 Å². The van der Waals surface area contributed by atoms with E-state index in [0.29, 0.717) is 12.3 Å². The molecule has 0 aliphatic heterocycles. The SMILES string of the molecule is CCc1noc(CC(N)c2ccccc2)n1. The summed E-state index contributed by atoms with van der Waals surface area (Å²) in [5.74, 6) is 1.34. The van der Waals surface area contributed by atoms with Gasteiger partial charge < -0.3 is 10.3 Å². The summed E-state index contributed by atoms with van der Waals surface area (Å²) in [6, 6.07) is 9.83. The Morgan fingerprint density at radius 3 is 2.69 bits per heavy atom. The predicted octanol–water partition coefficient (Wildman–Crippen LogP) is 1.87. The van der Waals surface area contributed by atoms with Crippen LogP contribution in [0.1, 0.15) is 30.2 Å². The first kappa shape index (κ1) is 10.8. The van der Waals surface area contributed by atoms with Crippen molar-refractivity contribution < 1.29 is 4.52 Å². The van der Waals surface area contributed by atoms with Crippen molar-refractivity contribution in [1.29, 1.82) is 0 Å². The zero-order valence-electron chi connectivity index (χ0n) is 9.26. The lowest BCUT2D eigenvalue weighted by molar-refractivity contribution is 0.365. The smallest absolute Gasteiger partial charge is 0.228 e. The van der Waals surface area contributed by atoms with Gasteiger partial charge in [0.1, 0.15) is 0 Å². The van der Waals surface area contributed by atoms with Gasteiger partial charge in [0, 0.05) is 18.9 Å². The van der Waals surface area contributed by atoms with Crippen LogP contribution in [0.4, 0.5) is 0 Å². The van der Waals surface area contributed by atoms with E-state index in [2.05, 4.69) is 10.1 Å². The summed E-state index contributed by atoms with van der Waals surface area (Å²) >= 11 is 0. The molecule has 0 saturated heterocycles. The first-order valence-electron chi connectivity index (χ1n) is 5.41. The second kappa shape index (κ2) is 4.90. The summed E-state index contributed by atoms with van der Waals surface area (Å²) in [7, 11) is 0. The van der Waals surface area contributed by atoms with Crippen LogP contribution in [0.2, 0.25) is 0 Å². The fraction of sp³-hybridized carbons (Fsp3) is 0.333. The minimum absolute atomic E-state index is 0.0913. The quantitative estimate of drug-likeness (QED) is 0.849. The maximum atomic E-state index is 6.05. The Bertz CT molecular complexity index is 439. The van der Waals surface area contributed by atoms with Crippen LogP contribution in [0.5, 0.6) is 0 Å². The van der Waals surface area contributed by atoms with E-state index in [0.717, 1.165) is 17.8 Å². The summed E-state index contributed by atoms with van der Waals surface area (Å²) in [6.07, 6.45) is 1.36. The van der Waals surface area contributed by atoms with E-state index in [1.165, 1.54) is 0 Å². The van der Waals surface area contributed by atoms with Gasteiger partial charge in [0.2, 0.25) is 5.89 Å². The summed E-state index contributed by atoms with van der Waals surface area (Å²) in [6.45, 7) is 1.99. The lowest BCUT2D eigenvalue weighted by Gasteiger charge is -2.08. The molecule has 0 aliphatic rings. The van der Waals surface area contributed by atoms with Gasteiger partial charge in [0.15, 0.2) is 5.82 Å². The van der Waals surface area contributed by atoms with E-state index in [-0.39, 0.29) is 6.04 Å². The van der Waals surface area contributed by atoms with Crippen molar-refractivity contribution in [3.8, 4) is 0 Å². The molecule has 2 N–H and O–H groups in total. The largest absolute Gasteiger partial charge is 0.339 e. The Balaban J connectivity index is 2.05. The molecule has 2 aromatic rings. The van der Waals surface area contributed by atoms with Gasteiger partial charge in [0.25, 0.3) is 0 Å². The Labute approximate surface area is 94.5 Å². The number of nitrogens with two attached hydrogens (primary N) is 1. The van der Waals surface area contributed by atoms with E-state index >= 15 is 0 Å². The molecule has 0 aliphatic carbocycles. The van der Waals surface area contributed by atoms with Crippen LogP contribution in [0.25, 0.3) is 0 Å². The number of aryl methyl sites for hydroxylation is 1. The molecule has 0 radical (unpaired) electrons. The first-order valence-corrected chi connectivity index (χ1v) is 5.41. The van der Waals surface area contributed by atoms with Crippen LogP contribution in [-0.4, -0.2) is 10.1 Å². The van der Waals surface area contributed by atoms with Crippen LogP contribution in [0, 0.1) is 0 Å². The van der Waals surface area contributed by atoms with Crippen LogP contribution < -0.4 is 5.73 Å². The molecular weight excluding hydrogens is 202 g/mol. The van der Waals surface area contributed by atoms with Gasteiger partial charge in [-0.3, -0.25) is 0 Å². The minimum atomic E-state index is -0.0913. The molecule has 0 bridgehead atoms. The summed E-state index contributed by atoms with van der Waals surface area (Å²) < 4.78 is 5.11. The molecule has 16 heavy (non-hydrogen) atoms. The standard InChI is InChI=1S/C12H15N3O/c1-2-11-14-12(16-15-11)8-10(13)9-6-4-3-5-7-9/h3-7,10H,2,8,13H2,1H3. The normalized spacial score (nSPS) is 12.6. The topological polar surface area (TPSA) is 64.9 Å². The van der Waals surface area contributed by atoms with Crippen molar-refractivity contribution in [1.82, 2.24) is 10.1 Å². The van der Waals surface area contributed by atoms with Crippen molar-refractivity contribution in [2.24, 2.45) is 5.73 Å². The van der Waals surface area contributed by atoms with E-state index in [1.54, 1.807) is 0 Å². The Morgan fingerprint density at radius 1 is 1.31 bits per heavy atom. The van der Waals surface area contributed by atoms with Gasteiger partial charge in [-0.2, -0.15) is 4.98 Å². The molecule has 1 aromatic heterocycles. The van der Waals surface area contributed by atoms with Crippen molar-refractivity contribution in [3.63, 3.8) is 0 Å². The zero-order valence-corrected chi connectivity index (χ0v) is 9.26. The molecule has 1 atom stereocenters. The van der Waals surface area contributed by atoms with Gasteiger partial charge in [-0.1, -0.05) is 42.4 Å². The van der Waals surface area contributed by atoms with Crippen molar-refractivity contribution in [2.75, 3.05) is 0 Å². The predicted molar refractivity (Wildman–Crippen MR) is 60.8 cm³/mol. The molecule has 4 heteroatoms. The third-order valence-corrected chi connectivity index (χ3v) is 2.45. The van der Waals surface area contributed by atoms with Crippen LogP contribution in [-0.2, 0) is 12.8 Å². The third-order valence-electron chi connectivity index (χ3n) is 2.45. The highest BCUT2D eigenvalue weighted by atomic mass is 16.5. The average molecular weight is 217 g/mol. The fourth-order valence-electron chi connectivity index (χ4n) is 1.52. The molecule has 0 spiro atoms. The van der Waals surface area contributed by atoms with Crippen molar-refractivity contribution >= 4 is 0 Å². The number of hydrogen-bond acceptors (Lipinski definition) is 4. The molecular formula is C12H15N3O. The number of rotatable bonds is 4. The molecule has 0 fully saturated rings. The Hall–Kier alpha value is -1.68. The maximum Gasteiger partial charge on any atom is 0.228 e. The second-order valence-corrected chi connectivity index (χ2v) is 3.68. The van der Waals surface area contributed by atoms with Crippen LogP contribution in [0.15, 0.2) is 34.9 Å². The summed E-state index contributed by atoms with van der Waals surface area (Å²) in [5, 5.41) is 3.84. The van der Waals surface area contributed by atoms with Crippen LogP contribution >= 0.6 is 0 Å². The summed E-state index contributed by atoms with van der Waals surface area (Å²) in [4.78, 5) is 4.24. The monoisotopic (exact) mass is 217 g/mol. The molecule has 1 unspecified atom stereocenters. The minimum Gasteiger partial charge on any atom is -0.339 e. The van der Waals surface area contributed by atoms with Gasteiger partial charge in [-0.15, -0.1) is 0 Å². The van der Waals surface area contributed by atoms with E-state index in [1.807, 2.05) is 37.3 Å². The van der Waals surface area contributed by atoms with E-state index < -0.39 is 0 Å². The lowest BCUT2D eigenvalue weighted by atomic mass is 10.1. The van der Waals surface area contributed by atoms with Gasteiger partial charge in [0.05, 0.1) is 0 Å². The molecule has 0 amide bonds. The highest BCUT2D eigenvalue weighted by Gasteiger charge is 2.11. The molecule has 0 saturated carbocycles. The molecule has 84 valence electrons. The molecule has 2 rings (SSSR count). The maximum absolute atomic E-state index is 6.05. The third kappa shape index (κ3) is 2.46. The van der Waals surface area contributed by atoms with Crippen molar-refractivity contribution in [2.45, 2.75) is 25.8 Å². The molecule has 4 nitrogen and oxygen atoms in total. The Morgan fingerprint density at radius 2 is 2.06 bits per heavy atom. The summed E-state index contributed by atoms with van der Waals surface area (Å²) in [5.41, 5.74) is 7.13. The number of aromatic nitrogens is 2. The first-order chi connectivity index (χ1) is 7.79. The average Bonchev–Trinajstić information content (AvgIpc) is 2.78. The molecule has 1 aromatic carbocycles. The Kier molecular flexibility index (Phi) is 3.31. The van der Waals surface area contributed by atoms with Crippen molar-refractivity contribution in [3.05, 3.63) is 47.6 Å². The zero-order chi connectivity index (χ0) is 11.4. The highest BCUT2D eigenvalue weighted by molar-refractivity contribution is 5.19. The van der Waals surface area contributed by atoms with E-state index in [4.69, 9.17) is 10.3 Å². The molecule has 1 heterocycles. The lowest BCUT2D eigenvalue weighted by Crippen LogP contribution is -2.13. The number of benzene rings is 1. The van der Waals surface area contributed by atoms with Crippen LogP contribution in [0.3, 0.4) is 0 Å². The fourth-order valence-corrected chi connectivity index (χ4v) is 1.52. The highest BCUT2D eigenvalue weighted by Crippen LogP contribution is 2.14. The van der Waals surface area contributed by atoms with Gasteiger partial charge in [-0.25, -0.2) is 0 Å². The number of hydrogen-bond donors (Lipinski definition) is 1. The van der Waals surface area contributed by atoms with Gasteiger partial charge >= 0.3 is 0 Å². The second-order valence-electron chi connectivity index (χ2n) is 3.68. The number of nitrogens with zero attached hydrogens (tertiary/aromatic N) is 2.